The normalized spacial score (nSPS) is 10.8. The number of H-pyrrole nitrogens is 1. The van der Waals surface area contributed by atoms with Crippen molar-refractivity contribution in [2.75, 3.05) is 5.32 Å². The van der Waals surface area contributed by atoms with Gasteiger partial charge in [-0.15, -0.1) is 0 Å². The fourth-order valence-corrected chi connectivity index (χ4v) is 2.10. The lowest BCUT2D eigenvalue weighted by molar-refractivity contribution is 0.101. The molecule has 1 amide bonds. The smallest absolute Gasteiger partial charge is 0.272 e. The number of amides is 1. The Morgan fingerprint density at radius 3 is 2.67 bits per heavy atom. The second kappa shape index (κ2) is 4.86. The molecule has 2 heterocycles. The number of aryl methyl sites for hydroxylation is 1. The maximum atomic E-state index is 12.3. The van der Waals surface area contributed by atoms with E-state index in [1.807, 2.05) is 0 Å². The topological polar surface area (TPSA) is 92.7 Å². The van der Waals surface area contributed by atoms with Gasteiger partial charge >= 0.3 is 0 Å². The van der Waals surface area contributed by atoms with Crippen LogP contribution in [-0.4, -0.2) is 31.7 Å². The van der Waals surface area contributed by atoms with Gasteiger partial charge in [-0.2, -0.15) is 15.4 Å². The highest BCUT2D eigenvalue weighted by molar-refractivity contribution is 6.06. The Morgan fingerprint density at radius 1 is 1.19 bits per heavy atom. The third-order valence-electron chi connectivity index (χ3n) is 3.22. The van der Waals surface area contributed by atoms with Gasteiger partial charge in [-0.05, 0) is 31.2 Å². The molecule has 0 bridgehead atoms. The first kappa shape index (κ1) is 13.0. The number of nitrogens with zero attached hydrogens (tertiary/aromatic N) is 3. The molecule has 0 saturated heterocycles. The summed E-state index contributed by atoms with van der Waals surface area (Å²) in [4.78, 5) is 23.6. The lowest BCUT2D eigenvalue weighted by atomic mass is 10.2. The summed E-state index contributed by atoms with van der Waals surface area (Å²) in [5.74, 6) is -0.360. The number of hydrogen-bond donors (Lipinski definition) is 2. The van der Waals surface area contributed by atoms with E-state index in [0.29, 0.717) is 22.5 Å². The zero-order valence-electron chi connectivity index (χ0n) is 11.5. The van der Waals surface area contributed by atoms with Crippen LogP contribution in [0.2, 0.25) is 0 Å². The number of hydrogen-bond acceptors (Lipinski definition) is 4. The van der Waals surface area contributed by atoms with E-state index in [0.717, 1.165) is 5.52 Å². The van der Waals surface area contributed by atoms with Crippen molar-refractivity contribution < 1.29 is 9.59 Å². The predicted molar refractivity (Wildman–Crippen MR) is 77.3 cm³/mol. The Hall–Kier alpha value is -2.96. The highest BCUT2D eigenvalue weighted by Gasteiger charge is 2.14. The van der Waals surface area contributed by atoms with E-state index in [9.17, 15) is 9.59 Å². The zero-order chi connectivity index (χ0) is 15.0. The number of nitrogens with one attached hydrogen (secondary N) is 2. The molecule has 106 valence electrons. The van der Waals surface area contributed by atoms with Crippen LogP contribution in [0.25, 0.3) is 11.0 Å². The quantitative estimate of drug-likeness (QED) is 0.716. The van der Waals surface area contributed by atoms with E-state index in [-0.39, 0.29) is 11.7 Å². The van der Waals surface area contributed by atoms with Crippen molar-refractivity contribution in [3.8, 4) is 0 Å². The summed E-state index contributed by atoms with van der Waals surface area (Å²) in [6, 6.07) is 6.82. The lowest BCUT2D eigenvalue weighted by Crippen LogP contribution is -2.15. The van der Waals surface area contributed by atoms with E-state index in [1.54, 1.807) is 42.1 Å². The maximum absolute atomic E-state index is 12.3. The molecule has 0 fully saturated rings. The molecule has 7 nitrogen and oxygen atoms in total. The van der Waals surface area contributed by atoms with Gasteiger partial charge in [-0.1, -0.05) is 0 Å². The van der Waals surface area contributed by atoms with Gasteiger partial charge in [0, 0.05) is 24.5 Å². The van der Waals surface area contributed by atoms with E-state index >= 15 is 0 Å². The summed E-state index contributed by atoms with van der Waals surface area (Å²) in [7, 11) is 1.72. The van der Waals surface area contributed by atoms with Crippen molar-refractivity contribution in [3.05, 3.63) is 41.7 Å². The third kappa shape index (κ3) is 2.40. The van der Waals surface area contributed by atoms with Crippen LogP contribution in [0.5, 0.6) is 0 Å². The molecule has 0 aliphatic rings. The number of ketones is 1. The van der Waals surface area contributed by atoms with Crippen LogP contribution in [0.4, 0.5) is 5.69 Å². The van der Waals surface area contributed by atoms with Crippen LogP contribution < -0.4 is 5.32 Å². The predicted octanol–water partition coefficient (Wildman–Crippen LogP) is 1.75. The van der Waals surface area contributed by atoms with Crippen LogP contribution in [0.3, 0.4) is 0 Å². The van der Waals surface area contributed by atoms with Gasteiger partial charge in [-0.25, -0.2) is 0 Å². The number of aromatic amines is 1. The molecular formula is C14H13N5O2. The molecule has 0 saturated carbocycles. The van der Waals surface area contributed by atoms with Crippen LogP contribution in [0.1, 0.15) is 27.8 Å². The molecule has 3 rings (SSSR count). The van der Waals surface area contributed by atoms with E-state index < -0.39 is 0 Å². The molecule has 7 heteroatoms. The summed E-state index contributed by atoms with van der Waals surface area (Å²) in [5, 5.41) is 13.2. The lowest BCUT2D eigenvalue weighted by Gasteiger charge is -2.05. The Morgan fingerprint density at radius 2 is 1.95 bits per heavy atom. The van der Waals surface area contributed by atoms with Crippen molar-refractivity contribution >= 4 is 28.4 Å². The van der Waals surface area contributed by atoms with Crippen LogP contribution in [0.15, 0.2) is 30.5 Å². The SMILES string of the molecule is CC(=O)c1cc(C(=O)Nc2ccc3n[nH]nc3c2)n(C)c1. The van der Waals surface area contributed by atoms with E-state index in [1.165, 1.54) is 6.92 Å². The van der Waals surface area contributed by atoms with Gasteiger partial charge in [0.2, 0.25) is 0 Å². The molecule has 0 atom stereocenters. The van der Waals surface area contributed by atoms with E-state index in [4.69, 9.17) is 0 Å². The molecule has 0 aliphatic carbocycles. The Balaban J connectivity index is 1.87. The molecule has 2 N–H and O–H groups in total. The highest BCUT2D eigenvalue weighted by atomic mass is 16.2. The molecule has 2 aromatic heterocycles. The molecular weight excluding hydrogens is 270 g/mol. The second-order valence-corrected chi connectivity index (χ2v) is 4.76. The first-order chi connectivity index (χ1) is 10.0. The fraction of sp³-hybridized carbons (Fsp3) is 0.143. The van der Waals surface area contributed by atoms with Crippen LogP contribution >= 0.6 is 0 Å². The molecule has 21 heavy (non-hydrogen) atoms. The minimum atomic E-state index is -0.284. The summed E-state index contributed by atoms with van der Waals surface area (Å²) >= 11 is 0. The average Bonchev–Trinajstić information content (AvgIpc) is 3.04. The number of rotatable bonds is 3. The third-order valence-corrected chi connectivity index (χ3v) is 3.22. The van der Waals surface area contributed by atoms with Gasteiger partial charge in [0.25, 0.3) is 5.91 Å². The maximum Gasteiger partial charge on any atom is 0.272 e. The average molecular weight is 283 g/mol. The first-order valence-electron chi connectivity index (χ1n) is 6.34. The number of anilines is 1. The summed E-state index contributed by atoms with van der Waals surface area (Å²) < 4.78 is 1.63. The molecule has 0 unspecified atom stereocenters. The Kier molecular flexibility index (Phi) is 3.02. The number of Topliss-reactive ketones (excluding diaryl/α,β-unsaturated/α-hetero) is 1. The van der Waals surface area contributed by atoms with Gasteiger partial charge in [-0.3, -0.25) is 9.59 Å². The fourth-order valence-electron chi connectivity index (χ4n) is 2.10. The molecule has 0 aliphatic heterocycles. The number of carbonyl (C=O) groups is 2. The van der Waals surface area contributed by atoms with Crippen molar-refractivity contribution in [1.82, 2.24) is 20.0 Å². The molecule has 1 aromatic carbocycles. The summed E-state index contributed by atoms with van der Waals surface area (Å²) in [5.41, 5.74) is 2.94. The highest BCUT2D eigenvalue weighted by Crippen LogP contribution is 2.16. The van der Waals surface area contributed by atoms with Crippen LogP contribution in [0, 0.1) is 0 Å². The minimum absolute atomic E-state index is 0.0753. The van der Waals surface area contributed by atoms with Crippen molar-refractivity contribution in [1.29, 1.82) is 0 Å². The summed E-state index contributed by atoms with van der Waals surface area (Å²) in [6.07, 6.45) is 1.64. The van der Waals surface area contributed by atoms with Gasteiger partial charge in [0.15, 0.2) is 5.78 Å². The van der Waals surface area contributed by atoms with Gasteiger partial charge in [0.1, 0.15) is 16.7 Å². The standard InChI is InChI=1S/C14H13N5O2/c1-8(20)9-5-13(19(2)7-9)14(21)15-10-3-4-11-12(6-10)17-18-16-11/h3-7H,1-2H3,(H,15,21)(H,16,17,18). The molecule has 0 spiro atoms. The van der Waals surface area contributed by atoms with E-state index in [2.05, 4.69) is 20.7 Å². The summed E-state index contributed by atoms with van der Waals surface area (Å²) in [6.45, 7) is 1.47. The minimum Gasteiger partial charge on any atom is -0.346 e. The van der Waals surface area contributed by atoms with Crippen molar-refractivity contribution in [2.24, 2.45) is 7.05 Å². The monoisotopic (exact) mass is 283 g/mol. The van der Waals surface area contributed by atoms with Gasteiger partial charge < -0.3 is 9.88 Å². The second-order valence-electron chi connectivity index (χ2n) is 4.76. The number of fused-ring (bicyclic) bond motifs is 1. The van der Waals surface area contributed by atoms with Gasteiger partial charge in [0.05, 0.1) is 0 Å². The van der Waals surface area contributed by atoms with Crippen LogP contribution in [-0.2, 0) is 7.05 Å². The largest absolute Gasteiger partial charge is 0.346 e. The Labute approximate surface area is 120 Å². The number of aromatic nitrogens is 4. The molecule has 0 radical (unpaired) electrons. The van der Waals surface area contributed by atoms with Crippen molar-refractivity contribution in [2.45, 2.75) is 6.92 Å². The number of benzene rings is 1. The van der Waals surface area contributed by atoms with Crippen molar-refractivity contribution in [3.63, 3.8) is 0 Å². The molecule has 3 aromatic rings. The number of carbonyl (C=O) groups excluding carboxylic acids is 2. The first-order valence-corrected chi connectivity index (χ1v) is 6.34. The zero-order valence-corrected chi connectivity index (χ0v) is 11.5. The Bertz CT molecular complexity index is 846.